The number of rotatable bonds is 7. The van der Waals surface area contributed by atoms with E-state index >= 15 is 0 Å². The van der Waals surface area contributed by atoms with Crippen LogP contribution in [0.5, 0.6) is 5.75 Å². The molecule has 1 amide bonds. The van der Waals surface area contributed by atoms with Crippen LogP contribution in [0.4, 0.5) is 0 Å². The highest BCUT2D eigenvalue weighted by Gasteiger charge is 2.33. The molecule has 1 fully saturated rings. The molecular weight excluding hydrogens is 360 g/mol. The van der Waals surface area contributed by atoms with E-state index in [2.05, 4.69) is 17.4 Å². The first-order valence-electron chi connectivity index (χ1n) is 9.51. The summed E-state index contributed by atoms with van der Waals surface area (Å²) < 4.78 is 5.54. The maximum atomic E-state index is 12.9. The summed E-state index contributed by atoms with van der Waals surface area (Å²) in [4.78, 5) is 12.9. The molecule has 3 atom stereocenters. The van der Waals surface area contributed by atoms with E-state index in [0.29, 0.717) is 19.1 Å². The summed E-state index contributed by atoms with van der Waals surface area (Å²) in [6, 6.07) is 17.9. The van der Waals surface area contributed by atoms with Crippen LogP contribution >= 0.6 is 12.4 Å². The van der Waals surface area contributed by atoms with Crippen molar-refractivity contribution in [2.75, 3.05) is 13.2 Å². The van der Waals surface area contributed by atoms with Crippen molar-refractivity contribution >= 4 is 18.3 Å². The molecule has 27 heavy (non-hydrogen) atoms. The van der Waals surface area contributed by atoms with Gasteiger partial charge in [-0.1, -0.05) is 48.9 Å². The standard InChI is InChI=1S/C22H28N2O2.ClH/c1-2-26-19-13-11-17(12-14-19)21(16-7-4-3-5-8-16)24-22(25)20-10-6-9-18(20)15-23;/h3-5,7-8,11-14,18,20-21H,2,6,9-10,15,23H2,1H3,(H,24,25);1H/t18-,20-,21?;/m1./s1. The highest BCUT2D eigenvalue weighted by atomic mass is 35.5. The molecule has 1 saturated carbocycles. The first kappa shape index (κ1) is 21.3. The lowest BCUT2D eigenvalue weighted by Crippen LogP contribution is -2.37. The number of halogens is 1. The molecule has 0 heterocycles. The minimum absolute atomic E-state index is 0. The minimum atomic E-state index is -0.168. The van der Waals surface area contributed by atoms with Gasteiger partial charge in [0.25, 0.3) is 0 Å². The summed E-state index contributed by atoms with van der Waals surface area (Å²) in [5.41, 5.74) is 7.99. The number of carbonyl (C=O) groups is 1. The maximum absolute atomic E-state index is 12.9. The van der Waals surface area contributed by atoms with E-state index in [-0.39, 0.29) is 30.3 Å². The van der Waals surface area contributed by atoms with Gasteiger partial charge in [0.1, 0.15) is 5.75 Å². The van der Waals surface area contributed by atoms with Crippen molar-refractivity contribution in [3.8, 4) is 5.75 Å². The van der Waals surface area contributed by atoms with Gasteiger partial charge >= 0.3 is 0 Å². The molecule has 5 heteroatoms. The Bertz CT molecular complexity index is 706. The average molecular weight is 389 g/mol. The Labute approximate surface area is 167 Å². The van der Waals surface area contributed by atoms with E-state index in [1.54, 1.807) is 0 Å². The van der Waals surface area contributed by atoms with E-state index in [4.69, 9.17) is 10.5 Å². The molecule has 1 aliphatic rings. The van der Waals surface area contributed by atoms with Gasteiger partial charge in [0.2, 0.25) is 5.91 Å². The highest BCUT2D eigenvalue weighted by Crippen LogP contribution is 2.32. The first-order valence-corrected chi connectivity index (χ1v) is 9.51. The quantitative estimate of drug-likeness (QED) is 0.750. The first-order chi connectivity index (χ1) is 12.7. The van der Waals surface area contributed by atoms with E-state index in [1.165, 1.54) is 0 Å². The maximum Gasteiger partial charge on any atom is 0.224 e. The Morgan fingerprint density at radius 3 is 2.41 bits per heavy atom. The van der Waals surface area contributed by atoms with Crippen molar-refractivity contribution in [2.24, 2.45) is 17.6 Å². The van der Waals surface area contributed by atoms with Gasteiger partial charge < -0.3 is 15.8 Å². The Balaban J connectivity index is 0.00000261. The number of benzene rings is 2. The number of hydrogen-bond acceptors (Lipinski definition) is 3. The van der Waals surface area contributed by atoms with Crippen LogP contribution in [-0.2, 0) is 4.79 Å². The van der Waals surface area contributed by atoms with Crippen LogP contribution in [0.3, 0.4) is 0 Å². The third-order valence-corrected chi connectivity index (χ3v) is 5.24. The summed E-state index contributed by atoms with van der Waals surface area (Å²) in [5, 5.41) is 3.27. The van der Waals surface area contributed by atoms with Gasteiger partial charge in [0.15, 0.2) is 0 Å². The molecule has 0 aromatic heterocycles. The van der Waals surface area contributed by atoms with Crippen molar-refractivity contribution in [1.82, 2.24) is 5.32 Å². The van der Waals surface area contributed by atoms with Crippen molar-refractivity contribution in [3.05, 3.63) is 65.7 Å². The average Bonchev–Trinajstić information content (AvgIpc) is 3.17. The lowest BCUT2D eigenvalue weighted by Gasteiger charge is -2.24. The van der Waals surface area contributed by atoms with Gasteiger partial charge in [-0.05, 0) is 55.5 Å². The normalized spacial score (nSPS) is 19.8. The van der Waals surface area contributed by atoms with Crippen molar-refractivity contribution in [1.29, 1.82) is 0 Å². The smallest absolute Gasteiger partial charge is 0.224 e. The molecule has 0 bridgehead atoms. The third-order valence-electron chi connectivity index (χ3n) is 5.24. The zero-order chi connectivity index (χ0) is 18.4. The molecule has 146 valence electrons. The molecule has 0 saturated heterocycles. The number of ether oxygens (including phenoxy) is 1. The van der Waals surface area contributed by atoms with Crippen LogP contribution in [0.25, 0.3) is 0 Å². The van der Waals surface area contributed by atoms with Crippen molar-refractivity contribution < 1.29 is 9.53 Å². The molecule has 2 aromatic carbocycles. The molecule has 1 aliphatic carbocycles. The number of carbonyl (C=O) groups excluding carboxylic acids is 1. The summed E-state index contributed by atoms with van der Waals surface area (Å²) in [5.74, 6) is 1.27. The fraction of sp³-hybridized carbons (Fsp3) is 0.409. The summed E-state index contributed by atoms with van der Waals surface area (Å²) in [6.45, 7) is 3.19. The third kappa shape index (κ3) is 5.24. The van der Waals surface area contributed by atoms with Crippen LogP contribution in [0.2, 0.25) is 0 Å². The van der Waals surface area contributed by atoms with E-state index in [0.717, 1.165) is 36.1 Å². The van der Waals surface area contributed by atoms with Crippen LogP contribution in [0.15, 0.2) is 54.6 Å². The molecule has 2 aromatic rings. The fourth-order valence-corrected chi connectivity index (χ4v) is 3.84. The minimum Gasteiger partial charge on any atom is -0.494 e. The van der Waals surface area contributed by atoms with E-state index in [1.807, 2.05) is 49.4 Å². The second-order valence-corrected chi connectivity index (χ2v) is 6.89. The van der Waals surface area contributed by atoms with Crippen LogP contribution in [0.1, 0.15) is 43.4 Å². The van der Waals surface area contributed by atoms with Gasteiger partial charge in [0, 0.05) is 5.92 Å². The van der Waals surface area contributed by atoms with Crippen molar-refractivity contribution in [3.63, 3.8) is 0 Å². The summed E-state index contributed by atoms with van der Waals surface area (Å²) >= 11 is 0. The number of amides is 1. The molecule has 3 rings (SSSR count). The second-order valence-electron chi connectivity index (χ2n) is 6.89. The number of hydrogen-bond donors (Lipinski definition) is 2. The molecule has 0 aliphatic heterocycles. The lowest BCUT2D eigenvalue weighted by molar-refractivity contribution is -0.126. The van der Waals surface area contributed by atoms with Crippen LogP contribution < -0.4 is 15.8 Å². The van der Waals surface area contributed by atoms with E-state index < -0.39 is 0 Å². The lowest BCUT2D eigenvalue weighted by atomic mass is 9.93. The number of nitrogens with two attached hydrogens (primary N) is 1. The Hall–Kier alpha value is -2.04. The Morgan fingerprint density at radius 2 is 1.78 bits per heavy atom. The summed E-state index contributed by atoms with van der Waals surface area (Å²) in [7, 11) is 0. The van der Waals surface area contributed by atoms with E-state index in [9.17, 15) is 4.79 Å². The molecule has 0 radical (unpaired) electrons. The van der Waals surface area contributed by atoms with Gasteiger partial charge in [-0.15, -0.1) is 12.4 Å². The SMILES string of the molecule is CCOc1ccc(C(NC(=O)[C@@H]2CCC[C@@H]2CN)c2ccccc2)cc1.Cl. The molecule has 1 unspecified atom stereocenters. The van der Waals surface area contributed by atoms with Crippen LogP contribution in [0, 0.1) is 11.8 Å². The fourth-order valence-electron chi connectivity index (χ4n) is 3.84. The zero-order valence-electron chi connectivity index (χ0n) is 15.8. The highest BCUT2D eigenvalue weighted by molar-refractivity contribution is 5.85. The number of nitrogens with one attached hydrogen (secondary N) is 1. The predicted molar refractivity (Wildman–Crippen MR) is 111 cm³/mol. The van der Waals surface area contributed by atoms with Gasteiger partial charge in [-0.3, -0.25) is 4.79 Å². The molecule has 0 spiro atoms. The monoisotopic (exact) mass is 388 g/mol. The molecule has 4 nitrogen and oxygen atoms in total. The molecule has 3 N–H and O–H groups in total. The van der Waals surface area contributed by atoms with Gasteiger partial charge in [-0.25, -0.2) is 0 Å². The topological polar surface area (TPSA) is 64.3 Å². The predicted octanol–water partition coefficient (Wildman–Crippen LogP) is 4.09. The van der Waals surface area contributed by atoms with Gasteiger partial charge in [0.05, 0.1) is 12.6 Å². The second kappa shape index (κ2) is 10.3. The van der Waals surface area contributed by atoms with Crippen LogP contribution in [-0.4, -0.2) is 19.1 Å². The summed E-state index contributed by atoms with van der Waals surface area (Å²) in [6.07, 6.45) is 3.06. The Kier molecular flexibility index (Phi) is 8.14. The van der Waals surface area contributed by atoms with Gasteiger partial charge in [-0.2, -0.15) is 0 Å². The zero-order valence-corrected chi connectivity index (χ0v) is 16.6. The Morgan fingerprint density at radius 1 is 1.11 bits per heavy atom. The molecular formula is C22H29ClN2O2. The van der Waals surface area contributed by atoms with Crippen molar-refractivity contribution in [2.45, 2.75) is 32.2 Å². The largest absolute Gasteiger partial charge is 0.494 e.